The largest absolute Gasteiger partial charge is 0.491 e. The summed E-state index contributed by atoms with van der Waals surface area (Å²) in [7, 11) is 0. The van der Waals surface area contributed by atoms with E-state index in [0.717, 1.165) is 0 Å². The molecule has 0 unspecified atom stereocenters. The zero-order valence-electron chi connectivity index (χ0n) is 11.7. The Kier molecular flexibility index (Phi) is 6.02. The first-order valence-corrected chi connectivity index (χ1v) is 7.46. The van der Waals surface area contributed by atoms with Crippen molar-refractivity contribution >= 4 is 23.4 Å². The second-order valence-electron chi connectivity index (χ2n) is 4.88. The van der Waals surface area contributed by atoms with E-state index in [1.165, 1.54) is 0 Å². The zero-order chi connectivity index (χ0) is 14.3. The molecule has 1 amide bonds. The van der Waals surface area contributed by atoms with Crippen LogP contribution in [0.2, 0.25) is 0 Å². The fraction of sp³-hybridized carbons (Fsp3) is 0.500. The Labute approximate surface area is 119 Å². The lowest BCUT2D eigenvalue weighted by Gasteiger charge is -2.22. The van der Waals surface area contributed by atoms with Crippen molar-refractivity contribution in [1.82, 2.24) is 5.32 Å². The fourth-order valence-corrected chi connectivity index (χ4v) is 1.55. The lowest BCUT2D eigenvalue weighted by atomic mass is 10.2. The van der Waals surface area contributed by atoms with Crippen LogP contribution in [0, 0.1) is 0 Å². The Morgan fingerprint density at radius 3 is 2.74 bits per heavy atom. The average Bonchev–Trinajstić information content (AvgIpc) is 2.39. The lowest BCUT2D eigenvalue weighted by Crippen LogP contribution is -2.36. The molecule has 0 spiro atoms. The van der Waals surface area contributed by atoms with Crippen molar-refractivity contribution in [3.63, 3.8) is 0 Å². The van der Waals surface area contributed by atoms with Crippen molar-refractivity contribution < 1.29 is 9.53 Å². The number of carbonyl (C=O) groups excluding carboxylic acids is 1. The maximum Gasteiger partial charge on any atom is 0.223 e. The van der Waals surface area contributed by atoms with E-state index in [4.69, 9.17) is 10.5 Å². The van der Waals surface area contributed by atoms with Crippen LogP contribution in [-0.4, -0.2) is 30.1 Å². The first-order chi connectivity index (χ1) is 8.94. The van der Waals surface area contributed by atoms with Crippen LogP contribution in [0.25, 0.3) is 0 Å². The van der Waals surface area contributed by atoms with Gasteiger partial charge in [0.1, 0.15) is 5.75 Å². The minimum absolute atomic E-state index is 0.00312. The first-order valence-electron chi connectivity index (χ1n) is 6.24. The highest BCUT2D eigenvalue weighted by Gasteiger charge is 2.16. The number of anilines is 1. The van der Waals surface area contributed by atoms with Crippen LogP contribution < -0.4 is 15.8 Å². The monoisotopic (exact) mass is 282 g/mol. The second-order valence-corrected chi connectivity index (χ2v) is 6.39. The van der Waals surface area contributed by atoms with Crippen LogP contribution in [-0.2, 0) is 4.79 Å². The summed E-state index contributed by atoms with van der Waals surface area (Å²) in [6, 6.07) is 7.27. The molecule has 1 aromatic carbocycles. The van der Waals surface area contributed by atoms with Crippen molar-refractivity contribution in [2.75, 3.05) is 25.1 Å². The van der Waals surface area contributed by atoms with Crippen LogP contribution in [0.5, 0.6) is 5.75 Å². The summed E-state index contributed by atoms with van der Waals surface area (Å²) in [5.74, 6) is 0.622. The summed E-state index contributed by atoms with van der Waals surface area (Å²) in [6.07, 6.45) is 2.37. The molecular weight excluding hydrogens is 260 g/mol. The molecule has 5 heteroatoms. The van der Waals surface area contributed by atoms with Crippen molar-refractivity contribution in [1.29, 1.82) is 0 Å². The van der Waals surface area contributed by atoms with Gasteiger partial charge in [0.05, 0.1) is 18.7 Å². The van der Waals surface area contributed by atoms with Gasteiger partial charge < -0.3 is 15.8 Å². The number of ether oxygens (including phenoxy) is 1. The van der Waals surface area contributed by atoms with Crippen LogP contribution >= 0.6 is 11.8 Å². The van der Waals surface area contributed by atoms with E-state index in [1.807, 2.05) is 18.4 Å². The van der Waals surface area contributed by atoms with Gasteiger partial charge in [-0.3, -0.25) is 4.79 Å². The smallest absolute Gasteiger partial charge is 0.223 e. The van der Waals surface area contributed by atoms with Crippen molar-refractivity contribution in [3.8, 4) is 5.75 Å². The Morgan fingerprint density at radius 1 is 1.42 bits per heavy atom. The summed E-state index contributed by atoms with van der Waals surface area (Å²) in [6.45, 7) is 5.18. The molecule has 0 bridgehead atoms. The standard InChI is InChI=1S/C14H22N2O2S/c1-14(2,19-3)10-16-13(17)8-9-18-12-7-5-4-6-11(12)15/h4-7H,8-10,15H2,1-3H3,(H,16,17). The number of thioether (sulfide) groups is 1. The number of hydrogen-bond donors (Lipinski definition) is 2. The molecule has 106 valence electrons. The molecule has 0 fully saturated rings. The molecule has 0 atom stereocenters. The molecule has 0 heterocycles. The van der Waals surface area contributed by atoms with E-state index in [-0.39, 0.29) is 10.7 Å². The van der Waals surface area contributed by atoms with E-state index >= 15 is 0 Å². The summed E-state index contributed by atoms with van der Waals surface area (Å²) in [4.78, 5) is 11.6. The normalized spacial score (nSPS) is 11.1. The lowest BCUT2D eigenvalue weighted by molar-refractivity contribution is -0.121. The molecule has 1 rings (SSSR count). The number of amides is 1. The van der Waals surface area contributed by atoms with Crippen LogP contribution in [0.3, 0.4) is 0 Å². The SMILES string of the molecule is CSC(C)(C)CNC(=O)CCOc1ccccc1N. The summed E-state index contributed by atoms with van der Waals surface area (Å²) >= 11 is 1.73. The van der Waals surface area contributed by atoms with E-state index in [0.29, 0.717) is 31.0 Å². The van der Waals surface area contributed by atoms with Gasteiger partial charge in [-0.25, -0.2) is 0 Å². The van der Waals surface area contributed by atoms with Gasteiger partial charge >= 0.3 is 0 Å². The molecule has 0 radical (unpaired) electrons. The number of rotatable bonds is 7. The molecular formula is C14H22N2O2S. The molecule has 4 nitrogen and oxygen atoms in total. The topological polar surface area (TPSA) is 64.3 Å². The Morgan fingerprint density at radius 2 is 2.11 bits per heavy atom. The predicted molar refractivity (Wildman–Crippen MR) is 81.6 cm³/mol. The number of para-hydroxylation sites is 2. The third kappa shape index (κ3) is 5.87. The number of carbonyl (C=O) groups is 1. The summed E-state index contributed by atoms with van der Waals surface area (Å²) < 4.78 is 5.53. The van der Waals surface area contributed by atoms with E-state index in [1.54, 1.807) is 23.9 Å². The number of nitrogens with one attached hydrogen (secondary N) is 1. The molecule has 19 heavy (non-hydrogen) atoms. The third-order valence-electron chi connectivity index (χ3n) is 2.77. The maximum absolute atomic E-state index is 11.6. The molecule has 0 aliphatic carbocycles. The maximum atomic E-state index is 11.6. The number of nitrogen functional groups attached to an aromatic ring is 1. The molecule has 3 N–H and O–H groups in total. The van der Waals surface area contributed by atoms with Crippen molar-refractivity contribution in [2.24, 2.45) is 0 Å². The van der Waals surface area contributed by atoms with E-state index in [2.05, 4.69) is 19.2 Å². The third-order valence-corrected chi connectivity index (χ3v) is 4.02. The van der Waals surface area contributed by atoms with Crippen LogP contribution in [0.4, 0.5) is 5.69 Å². The predicted octanol–water partition coefficient (Wildman–Crippen LogP) is 2.30. The Balaban J connectivity index is 2.26. The van der Waals surface area contributed by atoms with Gasteiger partial charge in [0.25, 0.3) is 0 Å². The summed E-state index contributed by atoms with van der Waals surface area (Å²) in [5, 5.41) is 2.90. The van der Waals surface area contributed by atoms with Gasteiger partial charge in [-0.2, -0.15) is 11.8 Å². The highest BCUT2D eigenvalue weighted by atomic mass is 32.2. The molecule has 0 aliphatic rings. The minimum atomic E-state index is -0.00312. The molecule has 0 saturated heterocycles. The van der Waals surface area contributed by atoms with Gasteiger partial charge in [-0.1, -0.05) is 12.1 Å². The average molecular weight is 282 g/mol. The van der Waals surface area contributed by atoms with Gasteiger partial charge in [-0.05, 0) is 32.2 Å². The first kappa shape index (κ1) is 15.7. The molecule has 1 aromatic rings. The highest BCUT2D eigenvalue weighted by Crippen LogP contribution is 2.20. The van der Waals surface area contributed by atoms with Crippen molar-refractivity contribution in [3.05, 3.63) is 24.3 Å². The number of benzene rings is 1. The van der Waals surface area contributed by atoms with E-state index in [9.17, 15) is 4.79 Å². The number of hydrogen-bond acceptors (Lipinski definition) is 4. The molecule has 0 aliphatic heterocycles. The second kappa shape index (κ2) is 7.28. The minimum Gasteiger partial charge on any atom is -0.491 e. The van der Waals surface area contributed by atoms with Gasteiger partial charge in [0.15, 0.2) is 0 Å². The molecule has 0 aromatic heterocycles. The van der Waals surface area contributed by atoms with E-state index < -0.39 is 0 Å². The van der Waals surface area contributed by atoms with Gasteiger partial charge in [0, 0.05) is 11.3 Å². The van der Waals surface area contributed by atoms with Gasteiger partial charge in [-0.15, -0.1) is 0 Å². The Bertz CT molecular complexity index is 422. The Hall–Kier alpha value is -1.36. The van der Waals surface area contributed by atoms with Crippen LogP contribution in [0.15, 0.2) is 24.3 Å². The summed E-state index contributed by atoms with van der Waals surface area (Å²) in [5.41, 5.74) is 6.33. The van der Waals surface area contributed by atoms with Crippen LogP contribution in [0.1, 0.15) is 20.3 Å². The van der Waals surface area contributed by atoms with Gasteiger partial charge in [0.2, 0.25) is 5.91 Å². The molecule has 0 saturated carbocycles. The zero-order valence-corrected chi connectivity index (χ0v) is 12.5. The van der Waals surface area contributed by atoms with Crippen molar-refractivity contribution in [2.45, 2.75) is 25.0 Å². The number of nitrogens with two attached hydrogens (primary N) is 1. The fourth-order valence-electron chi connectivity index (χ4n) is 1.34. The quantitative estimate of drug-likeness (QED) is 0.753. The highest BCUT2D eigenvalue weighted by molar-refractivity contribution is 7.99.